The van der Waals surface area contributed by atoms with Crippen molar-refractivity contribution in [2.75, 3.05) is 31.5 Å². The van der Waals surface area contributed by atoms with Gasteiger partial charge in [0.1, 0.15) is 11.6 Å². The van der Waals surface area contributed by atoms with Crippen molar-refractivity contribution in [1.82, 2.24) is 14.8 Å². The molecule has 1 aromatic carbocycles. The molecular formula is C22H27FN4O3. The van der Waals surface area contributed by atoms with Gasteiger partial charge in [0.15, 0.2) is 0 Å². The minimum atomic E-state index is -0.339. The van der Waals surface area contributed by atoms with E-state index in [1.54, 1.807) is 21.9 Å². The van der Waals surface area contributed by atoms with Gasteiger partial charge < -0.3 is 19.9 Å². The molecule has 3 amide bonds. The average molecular weight is 414 g/mol. The number of piperidine rings is 1. The van der Waals surface area contributed by atoms with Crippen LogP contribution in [0.2, 0.25) is 0 Å². The van der Waals surface area contributed by atoms with Gasteiger partial charge in [0, 0.05) is 32.2 Å². The number of pyridine rings is 1. The highest BCUT2D eigenvalue weighted by molar-refractivity contribution is 5.93. The Kier molecular flexibility index (Phi) is 7.21. The maximum Gasteiger partial charge on any atom is 0.320 e. The molecule has 1 fully saturated rings. The molecule has 0 bridgehead atoms. The monoisotopic (exact) mass is 414 g/mol. The predicted octanol–water partition coefficient (Wildman–Crippen LogP) is 4.13. The van der Waals surface area contributed by atoms with Gasteiger partial charge in [0.05, 0.1) is 17.8 Å². The van der Waals surface area contributed by atoms with Crippen molar-refractivity contribution in [2.45, 2.75) is 26.7 Å². The van der Waals surface area contributed by atoms with Gasteiger partial charge >= 0.3 is 6.03 Å². The summed E-state index contributed by atoms with van der Waals surface area (Å²) >= 11 is 0. The largest absolute Gasteiger partial charge is 0.439 e. The van der Waals surface area contributed by atoms with E-state index in [1.807, 2.05) is 13.8 Å². The predicted molar refractivity (Wildman–Crippen MR) is 112 cm³/mol. The summed E-state index contributed by atoms with van der Waals surface area (Å²) in [6.07, 6.45) is 3.05. The van der Waals surface area contributed by atoms with Gasteiger partial charge in [-0.3, -0.25) is 4.79 Å². The zero-order chi connectivity index (χ0) is 21.5. The van der Waals surface area contributed by atoms with Crippen molar-refractivity contribution in [3.63, 3.8) is 0 Å². The lowest BCUT2D eigenvalue weighted by atomic mass is 9.97. The summed E-state index contributed by atoms with van der Waals surface area (Å²) in [5.74, 6) is 0.0945. The van der Waals surface area contributed by atoms with E-state index < -0.39 is 0 Å². The molecule has 7 nitrogen and oxygen atoms in total. The van der Waals surface area contributed by atoms with Crippen LogP contribution >= 0.6 is 0 Å². The highest BCUT2D eigenvalue weighted by Gasteiger charge is 2.30. The van der Waals surface area contributed by atoms with Crippen molar-refractivity contribution in [3.05, 3.63) is 48.4 Å². The lowest BCUT2D eigenvalue weighted by Crippen LogP contribution is -2.49. The number of ether oxygens (including phenoxy) is 1. The summed E-state index contributed by atoms with van der Waals surface area (Å²) < 4.78 is 18.5. The topological polar surface area (TPSA) is 74.8 Å². The van der Waals surface area contributed by atoms with Gasteiger partial charge in [0.2, 0.25) is 11.8 Å². The summed E-state index contributed by atoms with van der Waals surface area (Å²) in [5, 5.41) is 2.87. The molecule has 1 aliphatic rings. The van der Waals surface area contributed by atoms with E-state index in [2.05, 4.69) is 10.3 Å². The molecule has 8 heteroatoms. The number of rotatable bonds is 6. The van der Waals surface area contributed by atoms with Crippen LogP contribution in [-0.4, -0.2) is 52.9 Å². The van der Waals surface area contributed by atoms with Crippen LogP contribution in [0, 0.1) is 11.7 Å². The third kappa shape index (κ3) is 5.46. The first kappa shape index (κ1) is 21.5. The minimum absolute atomic E-state index is 0.0125. The Morgan fingerprint density at radius 2 is 1.93 bits per heavy atom. The number of halogens is 1. The van der Waals surface area contributed by atoms with Crippen LogP contribution in [0.5, 0.6) is 11.6 Å². The van der Waals surface area contributed by atoms with Crippen LogP contribution in [0.3, 0.4) is 0 Å². The first-order valence-corrected chi connectivity index (χ1v) is 10.2. The average Bonchev–Trinajstić information content (AvgIpc) is 2.77. The minimum Gasteiger partial charge on any atom is -0.439 e. The number of hydrogen-bond acceptors (Lipinski definition) is 4. The van der Waals surface area contributed by atoms with E-state index in [-0.39, 0.29) is 23.7 Å². The molecule has 30 heavy (non-hydrogen) atoms. The fourth-order valence-corrected chi connectivity index (χ4v) is 3.44. The van der Waals surface area contributed by atoms with Crippen molar-refractivity contribution in [3.8, 4) is 11.6 Å². The molecule has 2 aromatic rings. The van der Waals surface area contributed by atoms with Gasteiger partial charge in [-0.2, -0.15) is 0 Å². The first-order valence-electron chi connectivity index (χ1n) is 10.2. The molecular weight excluding hydrogens is 387 g/mol. The van der Waals surface area contributed by atoms with Crippen LogP contribution in [-0.2, 0) is 4.79 Å². The number of anilines is 1. The van der Waals surface area contributed by atoms with Gasteiger partial charge in [-0.1, -0.05) is 0 Å². The van der Waals surface area contributed by atoms with Crippen LogP contribution < -0.4 is 10.1 Å². The second kappa shape index (κ2) is 10.0. The van der Waals surface area contributed by atoms with Crippen LogP contribution in [0.4, 0.5) is 14.9 Å². The number of likely N-dealkylation sites (tertiary alicyclic amines) is 1. The Balaban J connectivity index is 1.56. The molecule has 0 unspecified atom stereocenters. The lowest BCUT2D eigenvalue weighted by Gasteiger charge is -2.35. The third-order valence-electron chi connectivity index (χ3n) is 5.14. The molecule has 0 spiro atoms. The fraction of sp³-hybridized carbons (Fsp3) is 0.409. The summed E-state index contributed by atoms with van der Waals surface area (Å²) in [5.41, 5.74) is 0.554. The number of urea groups is 1. The summed E-state index contributed by atoms with van der Waals surface area (Å²) in [7, 11) is 0. The van der Waals surface area contributed by atoms with Crippen molar-refractivity contribution >= 4 is 17.6 Å². The Labute approximate surface area is 175 Å². The maximum atomic E-state index is 13.0. The van der Waals surface area contributed by atoms with E-state index in [0.717, 1.165) is 12.8 Å². The van der Waals surface area contributed by atoms with Crippen LogP contribution in [0.15, 0.2) is 42.6 Å². The molecule has 1 aliphatic heterocycles. The molecule has 3 rings (SSSR count). The zero-order valence-corrected chi connectivity index (χ0v) is 17.3. The standard InChI is InChI=1S/C22H27FN4O3/c1-3-26(4-2)22(29)27-13-5-6-16(15-27)21(28)25-18-9-12-20(24-14-18)30-19-10-7-17(23)8-11-19/h7-12,14,16H,3-6,13,15H2,1-2H3,(H,25,28)/t16-/m1/s1. The van der Waals surface area contributed by atoms with Crippen molar-refractivity contribution < 1.29 is 18.7 Å². The molecule has 1 aromatic heterocycles. The fourth-order valence-electron chi connectivity index (χ4n) is 3.44. The Bertz CT molecular complexity index is 854. The second-order valence-electron chi connectivity index (χ2n) is 7.17. The molecule has 1 atom stereocenters. The number of aromatic nitrogens is 1. The van der Waals surface area contributed by atoms with E-state index in [9.17, 15) is 14.0 Å². The van der Waals surface area contributed by atoms with Gasteiger partial charge in [-0.25, -0.2) is 14.2 Å². The number of carbonyl (C=O) groups excluding carboxylic acids is 2. The lowest BCUT2D eigenvalue weighted by molar-refractivity contribution is -0.121. The zero-order valence-electron chi connectivity index (χ0n) is 17.3. The molecule has 160 valence electrons. The van der Waals surface area contributed by atoms with E-state index >= 15 is 0 Å². The second-order valence-corrected chi connectivity index (χ2v) is 7.17. The molecule has 0 radical (unpaired) electrons. The molecule has 0 saturated carbocycles. The third-order valence-corrected chi connectivity index (χ3v) is 5.14. The number of nitrogens with one attached hydrogen (secondary N) is 1. The van der Waals surface area contributed by atoms with E-state index in [4.69, 9.17) is 4.74 Å². The van der Waals surface area contributed by atoms with Gasteiger partial charge in [0.25, 0.3) is 0 Å². The molecule has 1 saturated heterocycles. The number of nitrogens with zero attached hydrogens (tertiary/aromatic N) is 3. The van der Waals surface area contributed by atoms with Crippen molar-refractivity contribution in [2.24, 2.45) is 5.92 Å². The Hall–Kier alpha value is -3.16. The molecule has 2 heterocycles. The number of amides is 3. The van der Waals surface area contributed by atoms with Crippen LogP contribution in [0.25, 0.3) is 0 Å². The van der Waals surface area contributed by atoms with Gasteiger partial charge in [-0.05, 0) is 57.0 Å². The SMILES string of the molecule is CCN(CC)C(=O)N1CCC[C@@H](C(=O)Nc2ccc(Oc3ccc(F)cc3)nc2)C1. The molecule has 0 aliphatic carbocycles. The summed E-state index contributed by atoms with van der Waals surface area (Å²) in [6, 6.07) is 8.97. The van der Waals surface area contributed by atoms with E-state index in [0.29, 0.717) is 43.5 Å². The molecule has 1 N–H and O–H groups in total. The number of hydrogen-bond donors (Lipinski definition) is 1. The number of benzene rings is 1. The smallest absolute Gasteiger partial charge is 0.320 e. The normalized spacial score (nSPS) is 16.1. The van der Waals surface area contributed by atoms with Crippen molar-refractivity contribution in [1.29, 1.82) is 0 Å². The Morgan fingerprint density at radius 1 is 1.20 bits per heavy atom. The van der Waals surface area contributed by atoms with E-state index in [1.165, 1.54) is 30.5 Å². The van der Waals surface area contributed by atoms with Gasteiger partial charge in [-0.15, -0.1) is 0 Å². The highest BCUT2D eigenvalue weighted by Crippen LogP contribution is 2.22. The quantitative estimate of drug-likeness (QED) is 0.771. The summed E-state index contributed by atoms with van der Waals surface area (Å²) in [4.78, 5) is 33.0. The highest BCUT2D eigenvalue weighted by atomic mass is 19.1. The Morgan fingerprint density at radius 3 is 2.57 bits per heavy atom. The maximum absolute atomic E-state index is 13.0. The first-order chi connectivity index (χ1) is 14.5. The summed E-state index contributed by atoms with van der Waals surface area (Å²) in [6.45, 7) is 6.30. The van der Waals surface area contributed by atoms with Crippen LogP contribution in [0.1, 0.15) is 26.7 Å². The number of carbonyl (C=O) groups is 2.